The largest absolute Gasteiger partial charge is 0.383 e. The second kappa shape index (κ2) is 9.05. The van der Waals surface area contributed by atoms with E-state index in [4.69, 9.17) is 0 Å². The van der Waals surface area contributed by atoms with Gasteiger partial charge in [0.25, 0.3) is 0 Å². The molecule has 0 amide bonds. The zero-order valence-electron chi connectivity index (χ0n) is 13.5. The van der Waals surface area contributed by atoms with E-state index >= 15 is 0 Å². The van der Waals surface area contributed by atoms with E-state index in [1.54, 1.807) is 18.4 Å². The standard InChI is InChI=1S/C15H26N4OS.HI/c1-15(20,13-5-4-8-21-13)11-18-14(16-2)17-9-12-6-7-19(3)10-12;/h4-5,8,12,20H,6-7,9-11H2,1-3H3,(H2,16,17,18);1H. The fourth-order valence-corrected chi connectivity index (χ4v) is 3.37. The van der Waals surface area contributed by atoms with Gasteiger partial charge in [-0.15, -0.1) is 35.3 Å². The molecule has 7 heteroatoms. The summed E-state index contributed by atoms with van der Waals surface area (Å²) in [7, 11) is 3.92. The zero-order chi connectivity index (χ0) is 15.3. The molecule has 126 valence electrons. The van der Waals surface area contributed by atoms with Crippen LogP contribution in [0.15, 0.2) is 22.5 Å². The Bertz CT molecular complexity index is 464. The minimum atomic E-state index is -0.876. The Balaban J connectivity index is 0.00000242. The Labute approximate surface area is 154 Å². The zero-order valence-corrected chi connectivity index (χ0v) is 16.6. The maximum Gasteiger partial charge on any atom is 0.191 e. The van der Waals surface area contributed by atoms with Crippen LogP contribution in [0.1, 0.15) is 18.2 Å². The van der Waals surface area contributed by atoms with Gasteiger partial charge in [0.1, 0.15) is 5.60 Å². The molecule has 2 atom stereocenters. The molecule has 2 unspecified atom stereocenters. The Morgan fingerprint density at radius 2 is 2.32 bits per heavy atom. The van der Waals surface area contributed by atoms with Crippen LogP contribution < -0.4 is 10.6 Å². The lowest BCUT2D eigenvalue weighted by Gasteiger charge is -2.24. The van der Waals surface area contributed by atoms with Crippen molar-refractivity contribution in [1.29, 1.82) is 0 Å². The Kier molecular flexibility index (Phi) is 8.09. The number of aliphatic hydroxyl groups is 1. The summed E-state index contributed by atoms with van der Waals surface area (Å²) in [5.41, 5.74) is -0.876. The van der Waals surface area contributed by atoms with Crippen LogP contribution in [0.25, 0.3) is 0 Å². The molecule has 0 aromatic carbocycles. The minimum absolute atomic E-state index is 0. The van der Waals surface area contributed by atoms with Crippen LogP contribution in [-0.4, -0.2) is 56.2 Å². The normalized spacial score (nSPS) is 22.0. The molecule has 1 saturated heterocycles. The van der Waals surface area contributed by atoms with E-state index < -0.39 is 5.60 Å². The molecule has 22 heavy (non-hydrogen) atoms. The van der Waals surface area contributed by atoms with Crippen LogP contribution >= 0.6 is 35.3 Å². The molecule has 2 heterocycles. The number of hydrogen-bond acceptors (Lipinski definition) is 4. The van der Waals surface area contributed by atoms with Crippen molar-refractivity contribution in [3.63, 3.8) is 0 Å². The van der Waals surface area contributed by atoms with Gasteiger partial charge < -0.3 is 20.6 Å². The number of thiophene rings is 1. The lowest BCUT2D eigenvalue weighted by molar-refractivity contribution is 0.0655. The molecule has 0 bridgehead atoms. The molecule has 1 fully saturated rings. The van der Waals surface area contributed by atoms with Crippen molar-refractivity contribution in [3.8, 4) is 0 Å². The molecule has 0 aliphatic carbocycles. The van der Waals surface area contributed by atoms with Gasteiger partial charge in [-0.05, 0) is 44.3 Å². The number of nitrogens with zero attached hydrogens (tertiary/aromatic N) is 2. The van der Waals surface area contributed by atoms with Gasteiger partial charge in [0, 0.05) is 25.0 Å². The van der Waals surface area contributed by atoms with Gasteiger partial charge in [0.15, 0.2) is 5.96 Å². The summed E-state index contributed by atoms with van der Waals surface area (Å²) in [5.74, 6) is 1.42. The first-order valence-corrected chi connectivity index (χ1v) is 8.28. The summed E-state index contributed by atoms with van der Waals surface area (Å²) in [5, 5.41) is 19.0. The molecule has 0 saturated carbocycles. The monoisotopic (exact) mass is 438 g/mol. The van der Waals surface area contributed by atoms with Gasteiger partial charge in [0.2, 0.25) is 0 Å². The number of hydrogen-bond donors (Lipinski definition) is 3. The molecule has 1 aliphatic heterocycles. The van der Waals surface area contributed by atoms with E-state index in [0.29, 0.717) is 12.5 Å². The number of halogens is 1. The summed E-state index contributed by atoms with van der Waals surface area (Å²) >= 11 is 1.57. The van der Waals surface area contributed by atoms with E-state index in [2.05, 4.69) is 27.6 Å². The maximum absolute atomic E-state index is 10.5. The molecule has 2 rings (SSSR count). The average molecular weight is 438 g/mol. The van der Waals surface area contributed by atoms with E-state index in [1.165, 1.54) is 13.0 Å². The van der Waals surface area contributed by atoms with Crippen LogP contribution in [0.3, 0.4) is 0 Å². The van der Waals surface area contributed by atoms with E-state index in [1.807, 2.05) is 24.4 Å². The maximum atomic E-state index is 10.5. The van der Waals surface area contributed by atoms with Crippen molar-refractivity contribution < 1.29 is 5.11 Å². The van der Waals surface area contributed by atoms with Gasteiger partial charge in [-0.1, -0.05) is 6.07 Å². The van der Waals surface area contributed by atoms with Crippen molar-refractivity contribution in [2.24, 2.45) is 10.9 Å². The molecular formula is C15H27IN4OS. The summed E-state index contributed by atoms with van der Waals surface area (Å²) in [6, 6.07) is 3.91. The van der Waals surface area contributed by atoms with Crippen LogP contribution in [0.4, 0.5) is 0 Å². The molecule has 3 N–H and O–H groups in total. The molecule has 5 nitrogen and oxygen atoms in total. The molecule has 0 spiro atoms. The predicted molar refractivity (Wildman–Crippen MR) is 104 cm³/mol. The first kappa shape index (κ1) is 19.7. The van der Waals surface area contributed by atoms with Crippen LogP contribution in [0.5, 0.6) is 0 Å². The lowest BCUT2D eigenvalue weighted by atomic mass is 10.1. The second-order valence-electron chi connectivity index (χ2n) is 5.97. The third kappa shape index (κ3) is 5.68. The third-order valence-electron chi connectivity index (χ3n) is 3.92. The van der Waals surface area contributed by atoms with Crippen molar-refractivity contribution in [2.75, 3.05) is 40.3 Å². The van der Waals surface area contributed by atoms with Crippen LogP contribution in [-0.2, 0) is 5.60 Å². The van der Waals surface area contributed by atoms with Gasteiger partial charge >= 0.3 is 0 Å². The highest BCUT2D eigenvalue weighted by Crippen LogP contribution is 2.24. The van der Waals surface area contributed by atoms with Gasteiger partial charge in [0.05, 0.1) is 6.54 Å². The molecule has 1 aromatic heterocycles. The van der Waals surface area contributed by atoms with Gasteiger partial charge in [-0.2, -0.15) is 0 Å². The van der Waals surface area contributed by atoms with E-state index in [9.17, 15) is 5.11 Å². The number of nitrogens with one attached hydrogen (secondary N) is 2. The highest BCUT2D eigenvalue weighted by molar-refractivity contribution is 14.0. The summed E-state index contributed by atoms with van der Waals surface area (Å²) in [6.07, 6.45) is 1.23. The highest BCUT2D eigenvalue weighted by atomic mass is 127. The lowest BCUT2D eigenvalue weighted by Crippen LogP contribution is -2.45. The van der Waals surface area contributed by atoms with Crippen LogP contribution in [0, 0.1) is 5.92 Å². The topological polar surface area (TPSA) is 59.9 Å². The summed E-state index contributed by atoms with van der Waals surface area (Å²) in [4.78, 5) is 7.54. The Morgan fingerprint density at radius 3 is 2.86 bits per heavy atom. The number of rotatable bonds is 5. The minimum Gasteiger partial charge on any atom is -0.383 e. The Hall–Kier alpha value is -0.380. The predicted octanol–water partition coefficient (Wildman–Crippen LogP) is 1.69. The van der Waals surface area contributed by atoms with Crippen molar-refractivity contribution in [3.05, 3.63) is 22.4 Å². The molecule has 1 aromatic rings. The molecule has 1 aliphatic rings. The smallest absolute Gasteiger partial charge is 0.191 e. The van der Waals surface area contributed by atoms with Gasteiger partial charge in [-0.25, -0.2) is 0 Å². The van der Waals surface area contributed by atoms with Crippen LogP contribution in [0.2, 0.25) is 0 Å². The fraction of sp³-hybridized carbons (Fsp3) is 0.667. The molecule has 0 radical (unpaired) electrons. The summed E-state index contributed by atoms with van der Waals surface area (Å²) < 4.78 is 0. The highest BCUT2D eigenvalue weighted by Gasteiger charge is 2.25. The fourth-order valence-electron chi connectivity index (χ4n) is 2.58. The number of guanidine groups is 1. The van der Waals surface area contributed by atoms with E-state index in [-0.39, 0.29) is 24.0 Å². The first-order chi connectivity index (χ1) is 10.0. The first-order valence-electron chi connectivity index (χ1n) is 7.40. The van der Waals surface area contributed by atoms with E-state index in [0.717, 1.165) is 23.9 Å². The summed E-state index contributed by atoms with van der Waals surface area (Å²) in [6.45, 7) is 5.50. The molecular weight excluding hydrogens is 411 g/mol. The average Bonchev–Trinajstić information content (AvgIpc) is 3.10. The number of aliphatic imine (C=N–C) groups is 1. The van der Waals surface area contributed by atoms with Crippen molar-refractivity contribution >= 4 is 41.3 Å². The van der Waals surface area contributed by atoms with Crippen molar-refractivity contribution in [1.82, 2.24) is 15.5 Å². The quantitative estimate of drug-likeness (QED) is 0.372. The van der Waals surface area contributed by atoms with Gasteiger partial charge in [-0.3, -0.25) is 4.99 Å². The van der Waals surface area contributed by atoms with Crippen molar-refractivity contribution in [2.45, 2.75) is 18.9 Å². The number of likely N-dealkylation sites (tertiary alicyclic amines) is 1. The third-order valence-corrected chi connectivity index (χ3v) is 5.05. The SMILES string of the molecule is CN=C(NCC1CCN(C)C1)NCC(C)(O)c1cccs1.I. The second-order valence-corrected chi connectivity index (χ2v) is 6.92. The Morgan fingerprint density at radius 1 is 1.55 bits per heavy atom.